The number of carbonyl (C=O) groups is 1. The minimum Gasteiger partial charge on any atom is -0.466 e. The van der Waals surface area contributed by atoms with Gasteiger partial charge in [0.1, 0.15) is 12.2 Å². The van der Waals surface area contributed by atoms with Crippen molar-refractivity contribution in [2.75, 3.05) is 7.11 Å². The molecule has 1 N–H and O–H groups in total. The van der Waals surface area contributed by atoms with Crippen LogP contribution in [0.2, 0.25) is 0 Å². The second kappa shape index (κ2) is 2.57. The summed E-state index contributed by atoms with van der Waals surface area (Å²) in [7, 11) is 1.33. The van der Waals surface area contributed by atoms with E-state index in [9.17, 15) is 9.90 Å². The predicted octanol–water partition coefficient (Wildman–Crippen LogP) is -0.382. The third kappa shape index (κ3) is 1.13. The summed E-state index contributed by atoms with van der Waals surface area (Å²) >= 11 is 0. The summed E-state index contributed by atoms with van der Waals surface area (Å²) in [6.07, 6.45) is 1.38. The zero-order chi connectivity index (χ0) is 8.72. The molecule has 0 amide bonds. The van der Waals surface area contributed by atoms with Gasteiger partial charge in [0.05, 0.1) is 13.2 Å². The van der Waals surface area contributed by atoms with Crippen molar-refractivity contribution in [3.05, 3.63) is 11.6 Å². The zero-order valence-corrected chi connectivity index (χ0v) is 6.69. The maximum atomic E-state index is 11.0. The minimum atomic E-state index is -0.641. The molecule has 0 spiro atoms. The molecule has 1 aliphatic heterocycles. The molecule has 4 heteroatoms. The lowest BCUT2D eigenvalue weighted by Gasteiger charge is -2.10. The van der Waals surface area contributed by atoms with E-state index in [1.165, 1.54) is 13.2 Å². The summed E-state index contributed by atoms with van der Waals surface area (Å²) in [5.41, 5.74) is 0.517. The van der Waals surface area contributed by atoms with E-state index in [-0.39, 0.29) is 18.2 Å². The molecule has 1 fully saturated rings. The number of rotatable bonds is 1. The summed E-state index contributed by atoms with van der Waals surface area (Å²) in [6.45, 7) is 0. The normalized spacial score (nSPS) is 38.2. The Kier molecular flexibility index (Phi) is 1.66. The highest BCUT2D eigenvalue weighted by molar-refractivity contribution is 5.88. The van der Waals surface area contributed by atoms with E-state index in [1.807, 2.05) is 0 Å². The molecule has 0 bridgehead atoms. The highest BCUT2D eigenvalue weighted by atomic mass is 16.6. The van der Waals surface area contributed by atoms with Crippen molar-refractivity contribution < 1.29 is 19.4 Å². The van der Waals surface area contributed by atoms with Crippen molar-refractivity contribution in [3.63, 3.8) is 0 Å². The fourth-order valence-corrected chi connectivity index (χ4v) is 1.49. The number of hydrogen-bond acceptors (Lipinski definition) is 4. The molecule has 0 aromatic heterocycles. The monoisotopic (exact) mass is 170 g/mol. The average molecular weight is 170 g/mol. The zero-order valence-electron chi connectivity index (χ0n) is 6.69. The minimum absolute atomic E-state index is 0.0269. The first-order valence-corrected chi connectivity index (χ1v) is 3.85. The van der Waals surface area contributed by atoms with E-state index in [2.05, 4.69) is 4.74 Å². The lowest BCUT2D eigenvalue weighted by atomic mass is 9.98. The van der Waals surface area contributed by atoms with Crippen LogP contribution < -0.4 is 0 Å². The van der Waals surface area contributed by atoms with Gasteiger partial charge >= 0.3 is 5.97 Å². The van der Waals surface area contributed by atoms with Gasteiger partial charge in [0.2, 0.25) is 0 Å². The maximum absolute atomic E-state index is 11.0. The molecule has 1 aliphatic carbocycles. The summed E-state index contributed by atoms with van der Waals surface area (Å²) in [5, 5.41) is 9.33. The molecule has 0 unspecified atom stereocenters. The first-order valence-electron chi connectivity index (χ1n) is 3.85. The molecule has 1 saturated heterocycles. The summed E-state index contributed by atoms with van der Waals surface area (Å²) in [4.78, 5) is 11.0. The molecule has 0 aromatic carbocycles. The number of methoxy groups -OCH3 is 1. The molecule has 3 atom stereocenters. The van der Waals surface area contributed by atoms with Gasteiger partial charge in [-0.2, -0.15) is 0 Å². The number of epoxide rings is 1. The molecule has 0 aromatic rings. The molecule has 2 rings (SSSR count). The van der Waals surface area contributed by atoms with E-state index < -0.39 is 6.10 Å². The number of carbonyl (C=O) groups excluding carboxylic acids is 1. The van der Waals surface area contributed by atoms with Crippen LogP contribution in [0.15, 0.2) is 11.6 Å². The number of aliphatic hydroxyl groups is 1. The summed E-state index contributed by atoms with van der Waals surface area (Å²) in [6, 6.07) is 0. The molecule has 12 heavy (non-hydrogen) atoms. The van der Waals surface area contributed by atoms with Gasteiger partial charge in [0.25, 0.3) is 0 Å². The summed E-state index contributed by atoms with van der Waals surface area (Å²) < 4.78 is 9.64. The van der Waals surface area contributed by atoms with Crippen molar-refractivity contribution in [1.29, 1.82) is 0 Å². The Labute approximate surface area is 69.8 Å². The fraction of sp³-hybridized carbons (Fsp3) is 0.625. The second-order valence-electron chi connectivity index (χ2n) is 3.02. The van der Waals surface area contributed by atoms with E-state index in [4.69, 9.17) is 4.74 Å². The smallest absolute Gasteiger partial charge is 0.333 e. The van der Waals surface area contributed by atoms with Crippen LogP contribution in [-0.2, 0) is 14.3 Å². The number of fused-ring (bicyclic) bond motifs is 1. The number of esters is 1. The maximum Gasteiger partial charge on any atom is 0.333 e. The van der Waals surface area contributed by atoms with Crippen LogP contribution in [0.1, 0.15) is 6.42 Å². The lowest BCUT2D eigenvalue weighted by Crippen LogP contribution is -2.22. The standard InChI is InChI=1S/C8H10O4/c1-11-8(10)4-2-5(9)7-6(3-4)12-7/h2,5-7,9H,3H2,1H3/t5-,6-,7+/m0/s1. The van der Waals surface area contributed by atoms with Crippen LogP contribution in [0.5, 0.6) is 0 Å². The number of aliphatic hydroxyl groups excluding tert-OH is 1. The van der Waals surface area contributed by atoms with Gasteiger partial charge in [-0.3, -0.25) is 0 Å². The molecule has 0 saturated carbocycles. The van der Waals surface area contributed by atoms with Crippen molar-refractivity contribution in [1.82, 2.24) is 0 Å². The van der Waals surface area contributed by atoms with Gasteiger partial charge in [-0.1, -0.05) is 0 Å². The molecule has 2 aliphatic rings. The molecule has 0 radical (unpaired) electrons. The summed E-state index contributed by atoms with van der Waals surface area (Å²) in [5.74, 6) is -0.372. The quantitative estimate of drug-likeness (QED) is 0.430. The molecule has 66 valence electrons. The molecular formula is C8H10O4. The van der Waals surface area contributed by atoms with E-state index in [1.54, 1.807) is 0 Å². The van der Waals surface area contributed by atoms with Crippen molar-refractivity contribution in [2.24, 2.45) is 0 Å². The van der Waals surface area contributed by atoms with Crippen LogP contribution >= 0.6 is 0 Å². The fourth-order valence-electron chi connectivity index (χ4n) is 1.49. The first kappa shape index (κ1) is 7.76. The predicted molar refractivity (Wildman–Crippen MR) is 39.4 cm³/mol. The highest BCUT2D eigenvalue weighted by Crippen LogP contribution is 2.36. The second-order valence-corrected chi connectivity index (χ2v) is 3.02. The van der Waals surface area contributed by atoms with E-state index in [0.717, 1.165) is 0 Å². The van der Waals surface area contributed by atoms with Crippen molar-refractivity contribution in [3.8, 4) is 0 Å². The Morgan fingerprint density at radius 2 is 2.58 bits per heavy atom. The van der Waals surface area contributed by atoms with Gasteiger partial charge in [0.15, 0.2) is 0 Å². The topological polar surface area (TPSA) is 59.1 Å². The van der Waals surface area contributed by atoms with Gasteiger partial charge in [-0.25, -0.2) is 4.79 Å². The first-order chi connectivity index (χ1) is 5.72. The highest BCUT2D eigenvalue weighted by Gasteiger charge is 2.47. The van der Waals surface area contributed by atoms with Crippen LogP contribution in [0.25, 0.3) is 0 Å². The molecular weight excluding hydrogens is 160 g/mol. The van der Waals surface area contributed by atoms with Gasteiger partial charge in [-0.05, 0) is 6.08 Å². The Balaban J connectivity index is 2.11. The average Bonchev–Trinajstić information content (AvgIpc) is 2.82. The molecule has 1 heterocycles. The Morgan fingerprint density at radius 1 is 1.83 bits per heavy atom. The SMILES string of the molecule is COC(=O)C1=C[C@H](O)[C@H]2O[C@H]2C1. The molecule has 4 nitrogen and oxygen atoms in total. The van der Waals surface area contributed by atoms with Crippen LogP contribution in [0.3, 0.4) is 0 Å². The Morgan fingerprint density at radius 3 is 3.17 bits per heavy atom. The number of hydrogen-bond donors (Lipinski definition) is 1. The van der Waals surface area contributed by atoms with Crippen molar-refractivity contribution in [2.45, 2.75) is 24.7 Å². The number of ether oxygens (including phenoxy) is 2. The van der Waals surface area contributed by atoms with Gasteiger partial charge in [0, 0.05) is 12.0 Å². The van der Waals surface area contributed by atoms with Crippen LogP contribution in [0.4, 0.5) is 0 Å². The Bertz CT molecular complexity index is 245. The Hall–Kier alpha value is -0.870. The van der Waals surface area contributed by atoms with Crippen LogP contribution in [-0.4, -0.2) is 36.5 Å². The van der Waals surface area contributed by atoms with Gasteiger partial charge in [-0.15, -0.1) is 0 Å². The van der Waals surface area contributed by atoms with E-state index in [0.29, 0.717) is 12.0 Å². The van der Waals surface area contributed by atoms with E-state index >= 15 is 0 Å². The third-order valence-electron chi connectivity index (χ3n) is 2.20. The third-order valence-corrected chi connectivity index (χ3v) is 2.20. The lowest BCUT2D eigenvalue weighted by molar-refractivity contribution is -0.136. The van der Waals surface area contributed by atoms with Crippen molar-refractivity contribution >= 4 is 5.97 Å². The van der Waals surface area contributed by atoms with Gasteiger partial charge < -0.3 is 14.6 Å². The largest absolute Gasteiger partial charge is 0.466 e. The van der Waals surface area contributed by atoms with Crippen LogP contribution in [0, 0.1) is 0 Å².